The van der Waals surface area contributed by atoms with Crippen molar-refractivity contribution in [1.29, 1.82) is 0 Å². The van der Waals surface area contributed by atoms with E-state index in [2.05, 4.69) is 20.5 Å². The Morgan fingerprint density at radius 2 is 2.00 bits per heavy atom. The zero-order valence-electron chi connectivity index (χ0n) is 3.85. The van der Waals surface area contributed by atoms with Crippen molar-refractivity contribution in [3.8, 4) is 0 Å². The molecule has 7 heavy (non-hydrogen) atoms. The van der Waals surface area contributed by atoms with E-state index in [4.69, 9.17) is 5.11 Å². The molecular formula is C3H5BrO2Zn. The van der Waals surface area contributed by atoms with Crippen LogP contribution in [0, 0.1) is 6.92 Å². The second-order valence-corrected chi connectivity index (χ2v) is 0.644. The fourth-order valence-electron chi connectivity index (χ4n) is 0. The Hall–Kier alpha value is 0.573. The third-order valence-corrected chi connectivity index (χ3v) is 0.214. The molecule has 0 amide bonds. The Labute approximate surface area is 59.3 Å². The first-order valence-electron chi connectivity index (χ1n) is 1.55. The summed E-state index contributed by atoms with van der Waals surface area (Å²) in [5.74, 6) is -0.856. The van der Waals surface area contributed by atoms with Gasteiger partial charge in [-0.1, -0.05) is 6.42 Å². The van der Waals surface area contributed by atoms with Gasteiger partial charge in [0.1, 0.15) is 0 Å². The van der Waals surface area contributed by atoms with Gasteiger partial charge in [0.2, 0.25) is 0 Å². The van der Waals surface area contributed by atoms with Crippen LogP contribution in [0.2, 0.25) is 0 Å². The van der Waals surface area contributed by atoms with Crippen LogP contribution in [0.1, 0.15) is 6.42 Å². The molecule has 1 N–H and O–H groups in total. The van der Waals surface area contributed by atoms with Gasteiger partial charge in [-0.05, 0) is 0 Å². The average molecular weight is 218 g/mol. The van der Waals surface area contributed by atoms with Gasteiger partial charge < -0.3 is 12.0 Å². The van der Waals surface area contributed by atoms with E-state index in [1.165, 1.54) is 16.3 Å². The van der Waals surface area contributed by atoms with E-state index in [1.54, 1.807) is 0 Å². The minimum atomic E-state index is -0.856. The van der Waals surface area contributed by atoms with Gasteiger partial charge in [0.15, 0.2) is 0 Å². The van der Waals surface area contributed by atoms with Crippen LogP contribution in [0.4, 0.5) is 0 Å². The van der Waals surface area contributed by atoms with Crippen LogP contribution in [0.25, 0.3) is 0 Å². The Morgan fingerprint density at radius 3 is 2.00 bits per heavy atom. The quantitative estimate of drug-likeness (QED) is 0.529. The van der Waals surface area contributed by atoms with Crippen LogP contribution in [0.3, 0.4) is 0 Å². The van der Waals surface area contributed by atoms with Crippen LogP contribution in [-0.2, 0) is 21.1 Å². The standard InChI is InChI=1S/C3H5O2.BrH.Zn/c1-2-3(4)5;;/h1-2H2,(H,4,5);1H;/q-1;;+2/p-1. The molecule has 2 nitrogen and oxygen atoms in total. The normalized spacial score (nSPS) is 6.29. The van der Waals surface area contributed by atoms with Crippen molar-refractivity contribution < 1.29 is 26.2 Å². The topological polar surface area (TPSA) is 37.3 Å². The minimum absolute atomic E-state index is 0.0278. The summed E-state index contributed by atoms with van der Waals surface area (Å²) in [7, 11) is 0. The predicted octanol–water partition coefficient (Wildman–Crippen LogP) is 1.14. The van der Waals surface area contributed by atoms with Gasteiger partial charge >= 0.3 is 30.0 Å². The molecule has 0 spiro atoms. The number of carboxylic acid groups (broad SMARTS) is 1. The van der Waals surface area contributed by atoms with Crippen LogP contribution in [0.5, 0.6) is 0 Å². The molecule has 0 fully saturated rings. The van der Waals surface area contributed by atoms with E-state index in [1.807, 2.05) is 0 Å². The van der Waals surface area contributed by atoms with Gasteiger partial charge in [0.25, 0.3) is 5.97 Å². The summed E-state index contributed by atoms with van der Waals surface area (Å²) >= 11 is 4.25. The number of carbonyl (C=O) groups is 1. The summed E-state index contributed by atoms with van der Waals surface area (Å²) in [5.41, 5.74) is 0. The van der Waals surface area contributed by atoms with E-state index in [-0.39, 0.29) is 6.42 Å². The maximum atomic E-state index is 9.31. The predicted molar refractivity (Wildman–Crippen MR) is 26.5 cm³/mol. The molecule has 0 rings (SSSR count). The van der Waals surface area contributed by atoms with Crippen molar-refractivity contribution in [2.75, 3.05) is 0 Å². The molecule has 0 aromatic rings. The summed E-state index contributed by atoms with van der Waals surface area (Å²) in [5, 5.41) is 7.66. The van der Waals surface area contributed by atoms with E-state index >= 15 is 0 Å². The fourth-order valence-corrected chi connectivity index (χ4v) is 0. The van der Waals surface area contributed by atoms with Crippen molar-refractivity contribution in [2.24, 2.45) is 0 Å². The molecule has 0 aromatic carbocycles. The molecule has 0 saturated heterocycles. The molecule has 0 unspecified atom stereocenters. The van der Waals surface area contributed by atoms with Crippen molar-refractivity contribution in [3.63, 3.8) is 0 Å². The molecule has 38 valence electrons. The van der Waals surface area contributed by atoms with Gasteiger partial charge in [0.05, 0.1) is 0 Å². The second-order valence-electron chi connectivity index (χ2n) is 0.644. The molecule has 0 aromatic heterocycles. The van der Waals surface area contributed by atoms with Crippen LogP contribution in [-0.4, -0.2) is 11.1 Å². The number of rotatable bonds is 1. The SMILES string of the molecule is [CH2-]CC(=O)O.[Zn+][Br]. The molecule has 0 aliphatic heterocycles. The fraction of sp³-hybridized carbons (Fsp3) is 0.333. The molecule has 0 radical (unpaired) electrons. The van der Waals surface area contributed by atoms with Crippen molar-refractivity contribution >= 4 is 19.6 Å². The summed E-state index contributed by atoms with van der Waals surface area (Å²) in [6.07, 6.45) is -0.0278. The average Bonchev–Trinajstić information content (AvgIpc) is 1.73. The number of carboxylic acids is 1. The van der Waals surface area contributed by atoms with Crippen LogP contribution in [0.15, 0.2) is 0 Å². The van der Waals surface area contributed by atoms with E-state index in [9.17, 15) is 4.79 Å². The molecule has 0 bridgehead atoms. The first kappa shape index (κ1) is 10.5. The van der Waals surface area contributed by atoms with Crippen molar-refractivity contribution in [2.45, 2.75) is 6.42 Å². The second kappa shape index (κ2) is 9.76. The Morgan fingerprint density at radius 1 is 1.86 bits per heavy atom. The summed E-state index contributed by atoms with van der Waals surface area (Å²) in [6.45, 7) is 3.09. The summed E-state index contributed by atoms with van der Waals surface area (Å²) in [4.78, 5) is 9.31. The van der Waals surface area contributed by atoms with Gasteiger partial charge in [-0.2, -0.15) is 0 Å². The monoisotopic (exact) mass is 216 g/mol. The van der Waals surface area contributed by atoms with E-state index < -0.39 is 5.97 Å². The summed E-state index contributed by atoms with van der Waals surface area (Å²) < 4.78 is 0. The molecule has 0 heterocycles. The molecule has 0 aliphatic rings. The van der Waals surface area contributed by atoms with E-state index in [0.717, 1.165) is 0 Å². The third kappa shape index (κ3) is 20.8. The number of halogens is 1. The van der Waals surface area contributed by atoms with Crippen molar-refractivity contribution in [1.82, 2.24) is 0 Å². The Kier molecular flexibility index (Phi) is 14.7. The van der Waals surface area contributed by atoms with Crippen LogP contribution < -0.4 is 0 Å². The Bertz CT molecular complexity index is 48.2. The van der Waals surface area contributed by atoms with Crippen molar-refractivity contribution in [3.05, 3.63) is 6.92 Å². The van der Waals surface area contributed by atoms with Crippen LogP contribution >= 0.6 is 13.6 Å². The van der Waals surface area contributed by atoms with E-state index in [0.29, 0.717) is 0 Å². The number of hydrogen-bond donors (Lipinski definition) is 1. The summed E-state index contributed by atoms with van der Waals surface area (Å²) in [6, 6.07) is 0. The third-order valence-electron chi connectivity index (χ3n) is 0.214. The zero-order chi connectivity index (χ0) is 6.28. The number of aliphatic carboxylic acids is 1. The molecule has 4 heteroatoms. The molecular weight excluding hydrogens is 213 g/mol. The first-order valence-corrected chi connectivity index (χ1v) is 8.50. The molecule has 0 saturated carbocycles. The first-order chi connectivity index (χ1) is 3.27. The Balaban J connectivity index is 0. The number of hydrogen-bond acceptors (Lipinski definition) is 1. The maximum absolute atomic E-state index is 9.31. The zero-order valence-corrected chi connectivity index (χ0v) is 8.41. The van der Waals surface area contributed by atoms with Gasteiger partial charge in [-0.25, -0.2) is 0 Å². The van der Waals surface area contributed by atoms with Gasteiger partial charge in [-0.3, -0.25) is 4.79 Å². The molecule has 0 aliphatic carbocycles. The molecule has 0 atom stereocenters. The van der Waals surface area contributed by atoms with Gasteiger partial charge in [-0.15, -0.1) is 0 Å². The van der Waals surface area contributed by atoms with Gasteiger partial charge in [0, 0.05) is 0 Å².